The van der Waals surface area contributed by atoms with Crippen LogP contribution in [-0.4, -0.2) is 57.4 Å². The number of likely N-dealkylation sites (tertiary alicyclic amines) is 1. The van der Waals surface area contributed by atoms with Crippen LogP contribution in [-0.2, 0) is 20.9 Å². The number of aliphatic hydroxyl groups is 1. The van der Waals surface area contributed by atoms with Crippen LogP contribution in [0.3, 0.4) is 0 Å². The minimum absolute atomic E-state index is 0.0676. The van der Waals surface area contributed by atoms with E-state index in [1.807, 2.05) is 71.3 Å². The maximum absolute atomic E-state index is 13.4. The first-order valence-electron chi connectivity index (χ1n) is 12.4. The fraction of sp³-hybridized carbons (Fsp3) is 0.556. The van der Waals surface area contributed by atoms with Gasteiger partial charge in [-0.1, -0.05) is 58.9 Å². The molecular weight excluding hydrogens is 476 g/mol. The van der Waals surface area contributed by atoms with E-state index in [1.54, 1.807) is 11.3 Å². The number of aromatic nitrogens is 1. The highest BCUT2D eigenvalue weighted by Gasteiger charge is 2.42. The lowest BCUT2D eigenvalue weighted by Crippen LogP contribution is -2.55. The Kier molecular flexibility index (Phi) is 8.89. The molecule has 196 valence electrons. The van der Waals surface area contributed by atoms with Crippen molar-refractivity contribution in [2.45, 2.75) is 79.1 Å². The number of carbonyl (C=O) groups excluding carboxylic acids is 3. The molecule has 2 aromatic rings. The van der Waals surface area contributed by atoms with Crippen molar-refractivity contribution in [3.63, 3.8) is 0 Å². The predicted octanol–water partition coefficient (Wildman–Crippen LogP) is 3.27. The highest BCUT2D eigenvalue weighted by molar-refractivity contribution is 7.13. The molecule has 0 unspecified atom stereocenters. The van der Waals surface area contributed by atoms with E-state index in [0.29, 0.717) is 6.54 Å². The summed E-state index contributed by atoms with van der Waals surface area (Å²) in [7, 11) is 0. The highest BCUT2D eigenvalue weighted by Crippen LogP contribution is 2.27. The van der Waals surface area contributed by atoms with Gasteiger partial charge in [0.2, 0.25) is 17.7 Å². The van der Waals surface area contributed by atoms with Crippen molar-refractivity contribution in [3.05, 3.63) is 41.0 Å². The average molecular weight is 515 g/mol. The van der Waals surface area contributed by atoms with Crippen LogP contribution in [0.25, 0.3) is 10.4 Å². The van der Waals surface area contributed by atoms with Crippen LogP contribution in [0.5, 0.6) is 0 Å². The number of nitrogens with zero attached hydrogens (tertiary/aromatic N) is 2. The van der Waals surface area contributed by atoms with E-state index in [9.17, 15) is 19.5 Å². The molecule has 1 aromatic carbocycles. The van der Waals surface area contributed by atoms with Gasteiger partial charge >= 0.3 is 0 Å². The molecule has 0 saturated carbocycles. The highest BCUT2D eigenvalue weighted by atomic mass is 32.1. The summed E-state index contributed by atoms with van der Waals surface area (Å²) in [6, 6.07) is 6.38. The van der Waals surface area contributed by atoms with Crippen LogP contribution >= 0.6 is 11.3 Å². The lowest BCUT2D eigenvalue weighted by atomic mass is 9.91. The fourth-order valence-corrected chi connectivity index (χ4v) is 5.18. The number of β-amino-alcohol motifs (C(OH)–C–C–N with tert-alkyl or cyclic N) is 1. The molecule has 8 nitrogen and oxygen atoms in total. The molecule has 1 aliphatic rings. The van der Waals surface area contributed by atoms with E-state index in [4.69, 9.17) is 0 Å². The SMILES string of the molecule is Cc1ncsc1-c1ccc(CNC(=O)[C@@H]2C[C@@H](O)CN2C(=O)[C@@H](NC(=O)CC(C)(C)C)C(C)C)cc1. The van der Waals surface area contributed by atoms with E-state index < -0.39 is 18.2 Å². The summed E-state index contributed by atoms with van der Waals surface area (Å²) in [5.74, 6) is -1.02. The summed E-state index contributed by atoms with van der Waals surface area (Å²) in [4.78, 5) is 45.8. The molecule has 0 aliphatic carbocycles. The number of aliphatic hydroxyl groups excluding tert-OH is 1. The minimum atomic E-state index is -0.787. The number of aryl methyl sites for hydroxylation is 1. The number of amides is 3. The van der Waals surface area contributed by atoms with Gasteiger partial charge in [0.1, 0.15) is 12.1 Å². The van der Waals surface area contributed by atoms with Gasteiger partial charge in [-0.05, 0) is 29.4 Å². The van der Waals surface area contributed by atoms with Crippen LogP contribution in [0.15, 0.2) is 29.8 Å². The van der Waals surface area contributed by atoms with Gasteiger partial charge < -0.3 is 20.6 Å². The molecule has 1 aliphatic heterocycles. The second kappa shape index (κ2) is 11.5. The molecule has 1 aromatic heterocycles. The van der Waals surface area contributed by atoms with Crippen molar-refractivity contribution in [2.75, 3.05) is 6.54 Å². The van der Waals surface area contributed by atoms with Crippen LogP contribution < -0.4 is 10.6 Å². The number of hydrogen-bond acceptors (Lipinski definition) is 6. The first-order chi connectivity index (χ1) is 16.9. The molecule has 1 fully saturated rings. The van der Waals surface area contributed by atoms with Crippen molar-refractivity contribution in [1.82, 2.24) is 20.5 Å². The van der Waals surface area contributed by atoms with Crippen LogP contribution in [0.2, 0.25) is 0 Å². The second-order valence-electron chi connectivity index (χ2n) is 11.1. The molecule has 2 heterocycles. The third-order valence-electron chi connectivity index (χ3n) is 6.23. The van der Waals surface area contributed by atoms with Crippen molar-refractivity contribution < 1.29 is 19.5 Å². The van der Waals surface area contributed by atoms with Crippen LogP contribution in [0, 0.1) is 18.3 Å². The number of hydrogen-bond donors (Lipinski definition) is 3. The standard InChI is InChI=1S/C27H38N4O4S/c1-16(2)23(30-22(33)12-27(4,5)6)26(35)31-14-20(32)11-21(31)25(34)28-13-18-7-9-19(10-8-18)24-17(3)29-15-36-24/h7-10,15-16,20-21,23,32H,11-14H2,1-6H3,(H,28,34)(H,30,33)/t20-,21+,23+/m1/s1. The molecule has 3 amide bonds. The van der Waals surface area contributed by atoms with Crippen molar-refractivity contribution in [2.24, 2.45) is 11.3 Å². The zero-order valence-corrected chi connectivity index (χ0v) is 22.8. The lowest BCUT2D eigenvalue weighted by molar-refractivity contribution is -0.142. The van der Waals surface area contributed by atoms with Gasteiger partial charge in [-0.3, -0.25) is 14.4 Å². The van der Waals surface area contributed by atoms with E-state index >= 15 is 0 Å². The normalized spacial score (nSPS) is 18.8. The number of thiazole rings is 1. The first kappa shape index (κ1) is 27.8. The topological polar surface area (TPSA) is 112 Å². The molecule has 1 saturated heterocycles. The van der Waals surface area contributed by atoms with Gasteiger partial charge in [0.15, 0.2) is 0 Å². The molecule has 3 N–H and O–H groups in total. The lowest BCUT2D eigenvalue weighted by Gasteiger charge is -2.31. The van der Waals surface area contributed by atoms with E-state index in [-0.39, 0.29) is 48.4 Å². The predicted molar refractivity (Wildman–Crippen MR) is 141 cm³/mol. The van der Waals surface area contributed by atoms with Crippen molar-refractivity contribution in [1.29, 1.82) is 0 Å². The summed E-state index contributed by atoms with van der Waals surface area (Å²) in [5.41, 5.74) is 4.61. The third-order valence-corrected chi connectivity index (χ3v) is 7.21. The number of rotatable bonds is 8. The Hall–Kier alpha value is -2.78. The first-order valence-corrected chi connectivity index (χ1v) is 13.3. The van der Waals surface area contributed by atoms with Gasteiger partial charge in [-0.2, -0.15) is 0 Å². The summed E-state index contributed by atoms with van der Waals surface area (Å²) in [6.07, 6.45) is -0.330. The van der Waals surface area contributed by atoms with Crippen molar-refractivity contribution >= 4 is 29.1 Å². The molecule has 3 atom stereocenters. The van der Waals surface area contributed by atoms with Crippen molar-refractivity contribution in [3.8, 4) is 10.4 Å². The zero-order chi connectivity index (χ0) is 26.6. The minimum Gasteiger partial charge on any atom is -0.391 e. The third kappa shape index (κ3) is 7.13. The van der Waals surface area contributed by atoms with Gasteiger partial charge in [-0.15, -0.1) is 11.3 Å². The molecule has 36 heavy (non-hydrogen) atoms. The van der Waals surface area contributed by atoms with Crippen LogP contribution in [0.1, 0.15) is 58.7 Å². The summed E-state index contributed by atoms with van der Waals surface area (Å²) < 4.78 is 0. The van der Waals surface area contributed by atoms with Gasteiger partial charge in [-0.25, -0.2) is 4.98 Å². The number of carbonyl (C=O) groups is 3. The second-order valence-corrected chi connectivity index (χ2v) is 12.0. The van der Waals surface area contributed by atoms with Crippen LogP contribution in [0.4, 0.5) is 0 Å². The smallest absolute Gasteiger partial charge is 0.246 e. The Bertz CT molecular complexity index is 1070. The van der Waals surface area contributed by atoms with Gasteiger partial charge in [0.05, 0.1) is 22.2 Å². The average Bonchev–Trinajstić information content (AvgIpc) is 3.40. The maximum atomic E-state index is 13.4. The summed E-state index contributed by atoms with van der Waals surface area (Å²) in [5, 5.41) is 16.1. The van der Waals surface area contributed by atoms with E-state index in [1.165, 1.54) is 4.90 Å². The Morgan fingerprint density at radius 1 is 1.19 bits per heavy atom. The van der Waals surface area contributed by atoms with Gasteiger partial charge in [0, 0.05) is 25.9 Å². The molecule has 0 radical (unpaired) electrons. The Morgan fingerprint density at radius 2 is 1.86 bits per heavy atom. The zero-order valence-electron chi connectivity index (χ0n) is 22.0. The maximum Gasteiger partial charge on any atom is 0.246 e. The number of nitrogens with one attached hydrogen (secondary N) is 2. The molecule has 0 spiro atoms. The molecule has 3 rings (SSSR count). The van der Waals surface area contributed by atoms with Gasteiger partial charge in [0.25, 0.3) is 0 Å². The van der Waals surface area contributed by atoms with E-state index in [0.717, 1.165) is 21.7 Å². The van der Waals surface area contributed by atoms with E-state index in [2.05, 4.69) is 15.6 Å². The number of benzene rings is 1. The molecular formula is C27H38N4O4S. The Labute approximate surface area is 217 Å². The largest absolute Gasteiger partial charge is 0.391 e. The molecule has 0 bridgehead atoms. The monoisotopic (exact) mass is 514 g/mol. The Morgan fingerprint density at radius 3 is 2.42 bits per heavy atom. The quantitative estimate of drug-likeness (QED) is 0.501. The fourth-order valence-electron chi connectivity index (χ4n) is 4.36. The molecule has 9 heteroatoms. The summed E-state index contributed by atoms with van der Waals surface area (Å²) >= 11 is 1.59. The summed E-state index contributed by atoms with van der Waals surface area (Å²) in [6.45, 7) is 12.0. The Balaban J connectivity index is 1.64.